The summed E-state index contributed by atoms with van der Waals surface area (Å²) >= 11 is 0. The van der Waals surface area contributed by atoms with Gasteiger partial charge in [-0.2, -0.15) is 4.98 Å². The Balaban J connectivity index is 2.21. The molecule has 0 aliphatic carbocycles. The number of hydrogen-bond acceptors (Lipinski definition) is 5. The summed E-state index contributed by atoms with van der Waals surface area (Å²) in [4.78, 5) is 4.18. The number of rotatable bonds is 3. The summed E-state index contributed by atoms with van der Waals surface area (Å²) in [5.74, 6) is 0.718. The van der Waals surface area contributed by atoms with E-state index in [-0.39, 0.29) is 11.8 Å². The summed E-state index contributed by atoms with van der Waals surface area (Å²) in [6, 6.07) is 7.28. The molecule has 0 saturated carbocycles. The fraction of sp³-hybridized carbons (Fsp3) is 0.273. The smallest absolute Gasteiger partial charge is 0.321 e. The molecule has 2 N–H and O–H groups in total. The number of hydrogen-bond donors (Lipinski definition) is 2. The van der Waals surface area contributed by atoms with Gasteiger partial charge in [0.25, 0.3) is 0 Å². The minimum atomic E-state index is 0.216. The number of nitrogens with zero attached hydrogens (tertiary/aromatic N) is 2. The first-order valence-electron chi connectivity index (χ1n) is 5.05. The van der Waals surface area contributed by atoms with Crippen LogP contribution in [0.4, 0.5) is 6.01 Å². The van der Waals surface area contributed by atoms with Gasteiger partial charge in [0, 0.05) is 11.6 Å². The fourth-order valence-electron chi connectivity index (χ4n) is 1.26. The number of phenols is 1. The average molecular weight is 219 g/mol. The van der Waals surface area contributed by atoms with E-state index < -0.39 is 0 Å². The van der Waals surface area contributed by atoms with Gasteiger partial charge in [0.15, 0.2) is 0 Å². The first-order chi connectivity index (χ1) is 7.65. The molecule has 0 unspecified atom stereocenters. The molecule has 84 valence electrons. The summed E-state index contributed by atoms with van der Waals surface area (Å²) < 4.78 is 5.03. The third-order valence-corrected chi connectivity index (χ3v) is 1.96. The molecule has 0 amide bonds. The van der Waals surface area contributed by atoms with Gasteiger partial charge in [0.2, 0.25) is 5.82 Å². The fourth-order valence-corrected chi connectivity index (χ4v) is 1.26. The van der Waals surface area contributed by atoms with E-state index in [0.29, 0.717) is 11.8 Å². The SMILES string of the molecule is CC(C)Nc1nc(-c2ccc(O)cc2)no1. The molecule has 0 aliphatic heterocycles. The highest BCUT2D eigenvalue weighted by Crippen LogP contribution is 2.20. The Hall–Kier alpha value is -2.04. The van der Waals surface area contributed by atoms with Crippen LogP contribution < -0.4 is 5.32 Å². The summed E-state index contributed by atoms with van der Waals surface area (Å²) in [5.41, 5.74) is 0.804. The summed E-state index contributed by atoms with van der Waals surface area (Å²) in [5, 5.41) is 16.0. The lowest BCUT2D eigenvalue weighted by atomic mass is 10.2. The Bertz CT molecular complexity index is 462. The summed E-state index contributed by atoms with van der Waals surface area (Å²) in [6.07, 6.45) is 0. The molecule has 1 aromatic heterocycles. The number of phenolic OH excluding ortho intramolecular Hbond substituents is 1. The molecule has 5 heteroatoms. The second-order valence-electron chi connectivity index (χ2n) is 3.77. The summed E-state index contributed by atoms with van der Waals surface area (Å²) in [7, 11) is 0. The zero-order valence-electron chi connectivity index (χ0n) is 9.14. The van der Waals surface area contributed by atoms with Crippen LogP contribution in [0.1, 0.15) is 13.8 Å². The topological polar surface area (TPSA) is 71.2 Å². The number of aromatic nitrogens is 2. The lowest BCUT2D eigenvalue weighted by molar-refractivity contribution is 0.429. The van der Waals surface area contributed by atoms with Crippen molar-refractivity contribution in [3.63, 3.8) is 0 Å². The molecule has 2 rings (SSSR count). The van der Waals surface area contributed by atoms with Crippen molar-refractivity contribution in [3.8, 4) is 17.1 Å². The van der Waals surface area contributed by atoms with Crippen LogP contribution in [-0.4, -0.2) is 21.3 Å². The van der Waals surface area contributed by atoms with Crippen molar-refractivity contribution in [1.29, 1.82) is 0 Å². The molecule has 1 heterocycles. The van der Waals surface area contributed by atoms with Crippen LogP contribution in [0.25, 0.3) is 11.4 Å². The second-order valence-corrected chi connectivity index (χ2v) is 3.77. The number of anilines is 1. The number of nitrogens with one attached hydrogen (secondary N) is 1. The molecule has 0 fully saturated rings. The van der Waals surface area contributed by atoms with Crippen molar-refractivity contribution >= 4 is 6.01 Å². The van der Waals surface area contributed by atoms with E-state index in [4.69, 9.17) is 9.63 Å². The van der Waals surface area contributed by atoms with Gasteiger partial charge >= 0.3 is 6.01 Å². The molecular weight excluding hydrogens is 206 g/mol. The first kappa shape index (κ1) is 10.5. The molecule has 1 aromatic carbocycles. The largest absolute Gasteiger partial charge is 0.508 e. The van der Waals surface area contributed by atoms with E-state index in [2.05, 4.69) is 15.5 Å². The van der Waals surface area contributed by atoms with Crippen LogP contribution >= 0.6 is 0 Å². The Morgan fingerprint density at radius 1 is 1.25 bits per heavy atom. The Labute approximate surface area is 93.1 Å². The van der Waals surface area contributed by atoms with Crippen LogP contribution in [0.5, 0.6) is 5.75 Å². The molecule has 0 aliphatic rings. The molecular formula is C11H13N3O2. The molecule has 0 spiro atoms. The highest BCUT2D eigenvalue weighted by molar-refractivity contribution is 5.56. The van der Waals surface area contributed by atoms with Crippen LogP contribution in [0, 0.1) is 0 Å². The normalized spacial score (nSPS) is 10.7. The third-order valence-electron chi connectivity index (χ3n) is 1.96. The van der Waals surface area contributed by atoms with Gasteiger partial charge in [-0.1, -0.05) is 5.16 Å². The van der Waals surface area contributed by atoms with Crippen LogP contribution in [-0.2, 0) is 0 Å². The lowest BCUT2D eigenvalue weighted by Gasteiger charge is -2.01. The second kappa shape index (κ2) is 4.22. The maximum absolute atomic E-state index is 9.15. The molecule has 5 nitrogen and oxygen atoms in total. The van der Waals surface area contributed by atoms with Gasteiger partial charge < -0.3 is 14.9 Å². The number of benzene rings is 1. The van der Waals surface area contributed by atoms with Crippen molar-refractivity contribution in [1.82, 2.24) is 10.1 Å². The molecule has 16 heavy (non-hydrogen) atoms. The van der Waals surface area contributed by atoms with Crippen LogP contribution in [0.3, 0.4) is 0 Å². The molecule has 0 saturated heterocycles. The van der Waals surface area contributed by atoms with Gasteiger partial charge in [-0.15, -0.1) is 0 Å². The van der Waals surface area contributed by atoms with Crippen molar-refractivity contribution in [2.75, 3.05) is 5.32 Å². The van der Waals surface area contributed by atoms with Crippen molar-refractivity contribution in [2.24, 2.45) is 0 Å². The Morgan fingerprint density at radius 2 is 1.94 bits per heavy atom. The molecule has 2 aromatic rings. The predicted octanol–water partition coefficient (Wildman–Crippen LogP) is 2.26. The van der Waals surface area contributed by atoms with Crippen LogP contribution in [0.15, 0.2) is 28.8 Å². The minimum Gasteiger partial charge on any atom is -0.508 e. The van der Waals surface area contributed by atoms with E-state index >= 15 is 0 Å². The zero-order chi connectivity index (χ0) is 11.5. The summed E-state index contributed by atoms with van der Waals surface area (Å²) in [6.45, 7) is 3.98. The van der Waals surface area contributed by atoms with E-state index in [1.165, 1.54) is 0 Å². The maximum atomic E-state index is 9.15. The molecule has 0 atom stereocenters. The van der Waals surface area contributed by atoms with E-state index in [9.17, 15) is 0 Å². The zero-order valence-corrected chi connectivity index (χ0v) is 9.14. The van der Waals surface area contributed by atoms with Crippen molar-refractivity contribution < 1.29 is 9.63 Å². The average Bonchev–Trinajstić information content (AvgIpc) is 2.66. The first-order valence-corrected chi connectivity index (χ1v) is 5.05. The number of aromatic hydroxyl groups is 1. The van der Waals surface area contributed by atoms with Crippen LogP contribution in [0.2, 0.25) is 0 Å². The lowest BCUT2D eigenvalue weighted by Crippen LogP contribution is -2.09. The Kier molecular flexibility index (Phi) is 2.76. The standard InChI is InChI=1S/C11H13N3O2/c1-7(2)12-11-13-10(14-16-11)8-3-5-9(15)6-4-8/h3-7,15H,1-2H3,(H,12,13,14). The quantitative estimate of drug-likeness (QED) is 0.828. The maximum Gasteiger partial charge on any atom is 0.321 e. The van der Waals surface area contributed by atoms with E-state index in [1.807, 2.05) is 13.8 Å². The van der Waals surface area contributed by atoms with Gasteiger partial charge in [-0.05, 0) is 38.1 Å². The van der Waals surface area contributed by atoms with Crippen molar-refractivity contribution in [2.45, 2.75) is 19.9 Å². The van der Waals surface area contributed by atoms with Gasteiger partial charge in [-0.25, -0.2) is 0 Å². The highest BCUT2D eigenvalue weighted by Gasteiger charge is 2.08. The molecule has 0 bridgehead atoms. The Morgan fingerprint density at radius 3 is 2.56 bits per heavy atom. The van der Waals surface area contributed by atoms with Gasteiger partial charge in [0.05, 0.1) is 0 Å². The van der Waals surface area contributed by atoms with Gasteiger partial charge in [0.1, 0.15) is 5.75 Å². The van der Waals surface area contributed by atoms with E-state index in [1.54, 1.807) is 24.3 Å². The van der Waals surface area contributed by atoms with Crippen molar-refractivity contribution in [3.05, 3.63) is 24.3 Å². The van der Waals surface area contributed by atoms with E-state index in [0.717, 1.165) is 5.56 Å². The molecule has 0 radical (unpaired) electrons. The van der Waals surface area contributed by atoms with Gasteiger partial charge in [-0.3, -0.25) is 0 Å². The monoisotopic (exact) mass is 219 g/mol. The minimum absolute atomic E-state index is 0.216. The third kappa shape index (κ3) is 2.31. The highest BCUT2D eigenvalue weighted by atomic mass is 16.5. The predicted molar refractivity (Wildman–Crippen MR) is 60.2 cm³/mol.